The second-order valence-electron chi connectivity index (χ2n) is 8.22. The molecular formula is C25H18F8O4. The molecule has 0 radical (unpaired) electrons. The van der Waals surface area contributed by atoms with Crippen LogP contribution in [0.1, 0.15) is 11.9 Å². The second kappa shape index (κ2) is 10.3. The van der Waals surface area contributed by atoms with E-state index < -0.39 is 47.3 Å². The number of rotatable bonds is 6. The number of aliphatic hydroxyl groups excluding tert-OH is 1. The molecule has 3 aromatic carbocycles. The van der Waals surface area contributed by atoms with Crippen LogP contribution in [0.2, 0.25) is 0 Å². The van der Waals surface area contributed by atoms with E-state index in [2.05, 4.69) is 4.74 Å². The molecule has 0 saturated carbocycles. The third-order valence-corrected chi connectivity index (χ3v) is 5.62. The first kappa shape index (κ1) is 26.8. The maximum absolute atomic E-state index is 14.7. The summed E-state index contributed by atoms with van der Waals surface area (Å²) in [5.74, 6) is -6.11. The van der Waals surface area contributed by atoms with E-state index in [4.69, 9.17) is 14.6 Å². The number of aliphatic hydroxyl groups is 1. The van der Waals surface area contributed by atoms with Crippen LogP contribution in [0, 0.1) is 23.4 Å². The fraction of sp³-hybridized carbons (Fsp3) is 0.280. The summed E-state index contributed by atoms with van der Waals surface area (Å²) >= 11 is 0. The highest BCUT2D eigenvalue weighted by Crippen LogP contribution is 2.40. The molecule has 12 heteroatoms. The van der Waals surface area contributed by atoms with Crippen molar-refractivity contribution < 1.29 is 54.4 Å². The van der Waals surface area contributed by atoms with Gasteiger partial charge in [0.15, 0.2) is 17.9 Å². The molecular weight excluding hydrogens is 516 g/mol. The minimum Gasteiger partial charge on any atom is -0.423 e. The van der Waals surface area contributed by atoms with E-state index in [1.165, 1.54) is 36.4 Å². The summed E-state index contributed by atoms with van der Waals surface area (Å²) < 4.78 is 121. The number of halogens is 8. The van der Waals surface area contributed by atoms with Crippen molar-refractivity contribution in [2.75, 3.05) is 19.8 Å². The van der Waals surface area contributed by atoms with Crippen molar-refractivity contribution in [2.45, 2.75) is 18.6 Å². The Hall–Kier alpha value is -3.22. The predicted molar refractivity (Wildman–Crippen MR) is 114 cm³/mol. The summed E-state index contributed by atoms with van der Waals surface area (Å²) in [7, 11) is 0. The number of hydrogen-bond acceptors (Lipinski definition) is 4. The molecule has 1 aliphatic rings. The average Bonchev–Trinajstić information content (AvgIpc) is 2.86. The van der Waals surface area contributed by atoms with E-state index >= 15 is 0 Å². The zero-order chi connectivity index (χ0) is 27.0. The average molecular weight is 534 g/mol. The predicted octanol–water partition coefficient (Wildman–Crippen LogP) is 6.63. The maximum atomic E-state index is 14.7. The molecule has 0 spiro atoms. The number of ether oxygens (including phenoxy) is 3. The van der Waals surface area contributed by atoms with Gasteiger partial charge in [0.1, 0.15) is 5.82 Å². The zero-order valence-electron chi connectivity index (χ0n) is 18.7. The second-order valence-corrected chi connectivity index (χ2v) is 8.22. The van der Waals surface area contributed by atoms with Gasteiger partial charge in [0, 0.05) is 17.0 Å². The monoisotopic (exact) mass is 534 g/mol. The van der Waals surface area contributed by atoms with Gasteiger partial charge in [-0.15, -0.1) is 0 Å². The summed E-state index contributed by atoms with van der Waals surface area (Å²) in [4.78, 5) is 0. The van der Waals surface area contributed by atoms with Gasteiger partial charge in [-0.05, 0) is 34.9 Å². The highest BCUT2D eigenvalue weighted by Gasteiger charge is 2.61. The highest BCUT2D eigenvalue weighted by atomic mass is 19.4. The standard InChI is InChI=1S/C25H18F8O4/c26-19-9-16(5-6-18(19)23-35-11-13(10-34)12-36-23)14-1-3-15(4-2-14)17-7-8-20(22(28)21(17)27)37-25(32,33)24(29,30)31/h1-9,13,23,34H,10-12H2. The number of hydrogen-bond donors (Lipinski definition) is 1. The SMILES string of the molecule is OCC1COC(c2ccc(-c3ccc(-c4ccc(OC(F)(F)C(F)(F)F)c(F)c4F)cc3)cc2F)OC1. The fourth-order valence-electron chi connectivity index (χ4n) is 3.60. The van der Waals surface area contributed by atoms with Crippen LogP contribution in [0.25, 0.3) is 22.3 Å². The zero-order valence-corrected chi connectivity index (χ0v) is 18.7. The lowest BCUT2D eigenvalue weighted by molar-refractivity contribution is -0.361. The normalized spacial score (nSPS) is 18.6. The van der Waals surface area contributed by atoms with E-state index in [0.717, 1.165) is 6.07 Å². The van der Waals surface area contributed by atoms with Crippen molar-refractivity contribution in [1.82, 2.24) is 0 Å². The quantitative estimate of drug-likeness (QED) is 0.361. The van der Waals surface area contributed by atoms with Gasteiger partial charge in [0.2, 0.25) is 5.82 Å². The number of benzene rings is 3. The Bertz CT molecular complexity index is 1250. The van der Waals surface area contributed by atoms with Crippen molar-refractivity contribution in [3.05, 3.63) is 77.6 Å². The van der Waals surface area contributed by atoms with Gasteiger partial charge in [0.25, 0.3) is 0 Å². The molecule has 4 nitrogen and oxygen atoms in total. The largest absolute Gasteiger partial charge is 0.499 e. The van der Waals surface area contributed by atoms with E-state index in [1.54, 1.807) is 6.07 Å². The van der Waals surface area contributed by atoms with Crippen molar-refractivity contribution in [1.29, 1.82) is 0 Å². The Kier molecular flexibility index (Phi) is 7.45. The first-order valence-corrected chi connectivity index (χ1v) is 10.8. The molecule has 1 saturated heterocycles. The van der Waals surface area contributed by atoms with Gasteiger partial charge in [-0.1, -0.05) is 36.4 Å². The van der Waals surface area contributed by atoms with Gasteiger partial charge in [0.05, 0.1) is 19.8 Å². The Morgan fingerprint density at radius 3 is 1.95 bits per heavy atom. The molecule has 1 N–H and O–H groups in total. The molecule has 198 valence electrons. The van der Waals surface area contributed by atoms with Crippen molar-refractivity contribution >= 4 is 0 Å². The van der Waals surface area contributed by atoms with Crippen LogP contribution in [0.15, 0.2) is 54.6 Å². The van der Waals surface area contributed by atoms with Gasteiger partial charge in [-0.3, -0.25) is 0 Å². The highest BCUT2D eigenvalue weighted by molar-refractivity contribution is 5.71. The molecule has 37 heavy (non-hydrogen) atoms. The molecule has 3 aromatic rings. The number of alkyl halides is 5. The van der Waals surface area contributed by atoms with Gasteiger partial charge < -0.3 is 19.3 Å². The van der Waals surface area contributed by atoms with Crippen LogP contribution in [-0.2, 0) is 9.47 Å². The lowest BCUT2D eigenvalue weighted by Gasteiger charge is -2.28. The molecule has 0 aromatic heterocycles. The topological polar surface area (TPSA) is 47.9 Å². The van der Waals surface area contributed by atoms with Gasteiger partial charge in [-0.2, -0.15) is 26.3 Å². The third-order valence-electron chi connectivity index (χ3n) is 5.62. The smallest absolute Gasteiger partial charge is 0.423 e. The minimum atomic E-state index is -6.12. The lowest BCUT2D eigenvalue weighted by Crippen LogP contribution is -2.42. The van der Waals surface area contributed by atoms with Crippen LogP contribution < -0.4 is 4.74 Å². The molecule has 0 bridgehead atoms. The van der Waals surface area contributed by atoms with Crippen LogP contribution in [-0.4, -0.2) is 37.2 Å². The Balaban J connectivity index is 1.53. The first-order valence-electron chi connectivity index (χ1n) is 10.8. The van der Waals surface area contributed by atoms with E-state index in [9.17, 15) is 35.1 Å². The summed E-state index contributed by atoms with van der Waals surface area (Å²) in [5.41, 5.74) is 0.745. The first-order chi connectivity index (χ1) is 17.4. The Labute approximate surface area is 205 Å². The van der Waals surface area contributed by atoms with Crippen LogP contribution in [0.5, 0.6) is 5.75 Å². The maximum Gasteiger partial charge on any atom is 0.499 e. The molecule has 1 aliphatic heterocycles. The summed E-state index contributed by atoms with van der Waals surface area (Å²) in [6.07, 6.45) is -12.8. The van der Waals surface area contributed by atoms with Crippen molar-refractivity contribution in [3.8, 4) is 28.0 Å². The Morgan fingerprint density at radius 1 is 0.784 bits per heavy atom. The van der Waals surface area contributed by atoms with Crippen LogP contribution in [0.4, 0.5) is 35.1 Å². The fourth-order valence-corrected chi connectivity index (χ4v) is 3.60. The Morgan fingerprint density at radius 2 is 1.38 bits per heavy atom. The molecule has 4 rings (SSSR count). The summed E-state index contributed by atoms with van der Waals surface area (Å²) in [6.45, 7) is 0.296. The van der Waals surface area contributed by atoms with Crippen molar-refractivity contribution in [3.63, 3.8) is 0 Å². The minimum absolute atomic E-state index is 0.0776. The van der Waals surface area contributed by atoms with E-state index in [-0.39, 0.29) is 36.9 Å². The summed E-state index contributed by atoms with van der Waals surface area (Å²) in [5, 5.41) is 9.12. The molecule has 1 heterocycles. The van der Waals surface area contributed by atoms with Crippen LogP contribution in [0.3, 0.4) is 0 Å². The van der Waals surface area contributed by atoms with Crippen molar-refractivity contribution in [2.24, 2.45) is 5.92 Å². The summed E-state index contributed by atoms with van der Waals surface area (Å²) in [6, 6.07) is 11.1. The van der Waals surface area contributed by atoms with Gasteiger partial charge in [-0.25, -0.2) is 8.78 Å². The molecule has 0 atom stereocenters. The van der Waals surface area contributed by atoms with Crippen LogP contribution >= 0.6 is 0 Å². The molecule has 0 unspecified atom stereocenters. The van der Waals surface area contributed by atoms with E-state index in [1.807, 2.05) is 0 Å². The molecule has 0 amide bonds. The molecule has 1 fully saturated rings. The third kappa shape index (κ3) is 5.55. The molecule has 0 aliphatic carbocycles. The van der Waals surface area contributed by atoms with Gasteiger partial charge >= 0.3 is 12.3 Å². The van der Waals surface area contributed by atoms with E-state index in [0.29, 0.717) is 17.2 Å². The lowest BCUT2D eigenvalue weighted by atomic mass is 9.98.